The van der Waals surface area contributed by atoms with Crippen LogP contribution in [0, 0.1) is 13.8 Å². The number of hydrogen-bond acceptors (Lipinski definition) is 6. The maximum atomic E-state index is 11.9. The Morgan fingerprint density at radius 1 is 1.40 bits per heavy atom. The Kier molecular flexibility index (Phi) is 5.24. The summed E-state index contributed by atoms with van der Waals surface area (Å²) in [4.78, 5) is 37.8. The number of hydrogen-bond donors (Lipinski definition) is 2. The lowest BCUT2D eigenvalue weighted by atomic mass is 10.1. The zero-order valence-electron chi connectivity index (χ0n) is 11.4. The van der Waals surface area contributed by atoms with Gasteiger partial charge in [-0.1, -0.05) is 0 Å². The molecule has 1 aromatic heterocycles. The summed E-state index contributed by atoms with van der Waals surface area (Å²) in [5.41, 5.74) is 0.372. The highest BCUT2D eigenvalue weighted by molar-refractivity contribution is 5.95. The van der Waals surface area contributed by atoms with Gasteiger partial charge in [-0.05, 0) is 13.3 Å². The van der Waals surface area contributed by atoms with Crippen LogP contribution in [-0.4, -0.2) is 41.1 Å². The minimum absolute atomic E-state index is 0.0354. The number of aliphatic carboxylic acids is 1. The Balaban J connectivity index is 2.70. The van der Waals surface area contributed by atoms with E-state index in [-0.39, 0.29) is 18.6 Å². The summed E-state index contributed by atoms with van der Waals surface area (Å²) in [5, 5.41) is 11.3. The van der Waals surface area contributed by atoms with Crippen LogP contribution in [0.25, 0.3) is 0 Å². The third-order valence-electron chi connectivity index (χ3n) is 2.58. The maximum Gasteiger partial charge on any atom is 0.326 e. The number of oxazole rings is 1. The van der Waals surface area contributed by atoms with Gasteiger partial charge in [0.2, 0.25) is 5.76 Å². The molecule has 0 aliphatic heterocycles. The molecule has 0 saturated carbocycles. The second-order valence-corrected chi connectivity index (χ2v) is 4.13. The number of rotatable bonds is 6. The Bertz CT molecular complexity index is 522. The summed E-state index contributed by atoms with van der Waals surface area (Å²) in [6, 6.07) is -1.20. The summed E-state index contributed by atoms with van der Waals surface area (Å²) in [6.07, 6.45) is -0.178. The Labute approximate surface area is 115 Å². The van der Waals surface area contributed by atoms with Crippen molar-refractivity contribution in [2.75, 3.05) is 7.11 Å². The quantitative estimate of drug-likeness (QED) is 0.727. The van der Waals surface area contributed by atoms with Crippen LogP contribution in [0.2, 0.25) is 0 Å². The van der Waals surface area contributed by atoms with E-state index in [1.54, 1.807) is 13.8 Å². The zero-order valence-corrected chi connectivity index (χ0v) is 11.4. The number of aryl methyl sites for hydroxylation is 2. The molecule has 1 amide bonds. The Morgan fingerprint density at radius 2 is 2.05 bits per heavy atom. The Morgan fingerprint density at radius 3 is 2.50 bits per heavy atom. The molecule has 1 rings (SSSR count). The Hall–Kier alpha value is -2.38. The molecular weight excluding hydrogens is 268 g/mol. The number of carbonyl (C=O) groups excluding carboxylic acids is 2. The van der Waals surface area contributed by atoms with E-state index < -0.39 is 23.9 Å². The van der Waals surface area contributed by atoms with E-state index in [4.69, 9.17) is 9.52 Å². The van der Waals surface area contributed by atoms with Gasteiger partial charge < -0.3 is 19.6 Å². The van der Waals surface area contributed by atoms with E-state index in [0.717, 1.165) is 0 Å². The van der Waals surface area contributed by atoms with Crippen molar-refractivity contribution in [2.24, 2.45) is 0 Å². The van der Waals surface area contributed by atoms with Crippen LogP contribution < -0.4 is 5.32 Å². The van der Waals surface area contributed by atoms with Gasteiger partial charge in [0.15, 0.2) is 5.89 Å². The van der Waals surface area contributed by atoms with Gasteiger partial charge in [0.25, 0.3) is 5.91 Å². The summed E-state index contributed by atoms with van der Waals surface area (Å²) >= 11 is 0. The van der Waals surface area contributed by atoms with Crippen molar-refractivity contribution in [3.8, 4) is 0 Å². The minimum atomic E-state index is -1.24. The molecule has 0 spiro atoms. The van der Waals surface area contributed by atoms with Crippen LogP contribution in [0.4, 0.5) is 0 Å². The normalized spacial score (nSPS) is 11.8. The van der Waals surface area contributed by atoms with Crippen LogP contribution in [0.5, 0.6) is 0 Å². The van der Waals surface area contributed by atoms with E-state index in [1.165, 1.54) is 7.11 Å². The highest BCUT2D eigenvalue weighted by Gasteiger charge is 2.24. The molecule has 0 aliphatic rings. The molecule has 110 valence electrons. The van der Waals surface area contributed by atoms with Crippen molar-refractivity contribution in [3.05, 3.63) is 17.3 Å². The molecule has 20 heavy (non-hydrogen) atoms. The smallest absolute Gasteiger partial charge is 0.326 e. The number of methoxy groups -OCH3 is 1. The third-order valence-corrected chi connectivity index (χ3v) is 2.58. The lowest BCUT2D eigenvalue weighted by Gasteiger charge is -2.12. The van der Waals surface area contributed by atoms with Gasteiger partial charge in [-0.15, -0.1) is 0 Å². The topological polar surface area (TPSA) is 119 Å². The molecule has 0 bridgehead atoms. The summed E-state index contributed by atoms with van der Waals surface area (Å²) in [6.45, 7) is 3.16. The fraction of sp³-hybridized carbons (Fsp3) is 0.500. The molecule has 1 heterocycles. The third kappa shape index (κ3) is 4.08. The molecular formula is C12H16N2O6. The van der Waals surface area contributed by atoms with E-state index >= 15 is 0 Å². The van der Waals surface area contributed by atoms with Crippen molar-refractivity contribution >= 4 is 17.8 Å². The molecule has 8 nitrogen and oxygen atoms in total. The molecule has 0 fully saturated rings. The fourth-order valence-electron chi connectivity index (χ4n) is 1.59. The van der Waals surface area contributed by atoms with Gasteiger partial charge in [0.05, 0.1) is 12.8 Å². The summed E-state index contributed by atoms with van der Waals surface area (Å²) in [7, 11) is 1.21. The number of carbonyl (C=O) groups is 3. The first-order chi connectivity index (χ1) is 9.35. The largest absolute Gasteiger partial charge is 0.480 e. The SMILES string of the molecule is COC(=O)CCC(NC(=O)c1oc(C)nc1C)C(=O)O. The molecule has 0 radical (unpaired) electrons. The van der Waals surface area contributed by atoms with Gasteiger partial charge in [-0.3, -0.25) is 9.59 Å². The number of aromatic nitrogens is 1. The lowest BCUT2D eigenvalue weighted by Crippen LogP contribution is -2.41. The molecule has 1 atom stereocenters. The van der Waals surface area contributed by atoms with Crippen molar-refractivity contribution in [3.63, 3.8) is 0 Å². The summed E-state index contributed by atoms with van der Waals surface area (Å²) in [5.74, 6) is -2.19. The van der Waals surface area contributed by atoms with Gasteiger partial charge in [-0.25, -0.2) is 9.78 Å². The molecule has 0 saturated heterocycles. The second-order valence-electron chi connectivity index (χ2n) is 4.13. The molecule has 0 aliphatic carbocycles. The molecule has 2 N–H and O–H groups in total. The molecule has 8 heteroatoms. The van der Waals surface area contributed by atoms with Crippen molar-refractivity contribution in [1.29, 1.82) is 0 Å². The summed E-state index contributed by atoms with van der Waals surface area (Å²) < 4.78 is 9.52. The van der Waals surface area contributed by atoms with Crippen LogP contribution in [-0.2, 0) is 14.3 Å². The highest BCUT2D eigenvalue weighted by atomic mass is 16.5. The molecule has 1 unspecified atom stereocenters. The van der Waals surface area contributed by atoms with Crippen LogP contribution in [0.15, 0.2) is 4.42 Å². The van der Waals surface area contributed by atoms with E-state index in [9.17, 15) is 14.4 Å². The van der Waals surface area contributed by atoms with E-state index in [2.05, 4.69) is 15.0 Å². The van der Waals surface area contributed by atoms with E-state index in [1.807, 2.05) is 0 Å². The monoisotopic (exact) mass is 284 g/mol. The first-order valence-corrected chi connectivity index (χ1v) is 5.89. The number of amides is 1. The predicted molar refractivity (Wildman–Crippen MR) is 66.1 cm³/mol. The number of ether oxygens (including phenoxy) is 1. The van der Waals surface area contributed by atoms with Gasteiger partial charge in [-0.2, -0.15) is 0 Å². The highest BCUT2D eigenvalue weighted by Crippen LogP contribution is 2.10. The van der Waals surface area contributed by atoms with Crippen LogP contribution in [0.1, 0.15) is 35.0 Å². The van der Waals surface area contributed by atoms with Crippen molar-refractivity contribution < 1.29 is 28.6 Å². The minimum Gasteiger partial charge on any atom is -0.480 e. The number of nitrogens with one attached hydrogen (secondary N) is 1. The lowest BCUT2D eigenvalue weighted by molar-refractivity contribution is -0.142. The van der Waals surface area contributed by atoms with Crippen molar-refractivity contribution in [1.82, 2.24) is 10.3 Å². The molecule has 1 aromatic rings. The predicted octanol–water partition coefficient (Wildman–Crippen LogP) is 0.428. The first kappa shape index (κ1) is 15.7. The average Bonchev–Trinajstić information content (AvgIpc) is 2.72. The number of nitrogens with zero attached hydrogens (tertiary/aromatic N) is 1. The zero-order chi connectivity index (χ0) is 15.3. The number of carboxylic acid groups (broad SMARTS) is 1. The second kappa shape index (κ2) is 6.69. The maximum absolute atomic E-state index is 11.9. The number of esters is 1. The van der Waals surface area contributed by atoms with Crippen molar-refractivity contribution in [2.45, 2.75) is 32.7 Å². The standard InChI is InChI=1S/C12H16N2O6/c1-6-10(20-7(2)13-6)11(16)14-8(12(17)18)4-5-9(15)19-3/h8H,4-5H2,1-3H3,(H,14,16)(H,17,18). The van der Waals surface area contributed by atoms with Crippen LogP contribution >= 0.6 is 0 Å². The average molecular weight is 284 g/mol. The first-order valence-electron chi connectivity index (χ1n) is 5.89. The molecule has 0 aromatic carbocycles. The van der Waals surface area contributed by atoms with Gasteiger partial charge in [0.1, 0.15) is 6.04 Å². The van der Waals surface area contributed by atoms with Crippen LogP contribution in [0.3, 0.4) is 0 Å². The van der Waals surface area contributed by atoms with E-state index in [0.29, 0.717) is 11.6 Å². The van der Waals surface area contributed by atoms with Gasteiger partial charge in [0, 0.05) is 13.3 Å². The fourth-order valence-corrected chi connectivity index (χ4v) is 1.59. The number of carboxylic acids is 1. The van der Waals surface area contributed by atoms with Gasteiger partial charge >= 0.3 is 11.9 Å².